The van der Waals surface area contributed by atoms with Gasteiger partial charge in [-0.1, -0.05) is 69.7 Å². The van der Waals surface area contributed by atoms with Gasteiger partial charge in [0.15, 0.2) is 0 Å². The van der Waals surface area contributed by atoms with E-state index in [-0.39, 0.29) is 16.9 Å². The number of carbonyl (C=O) groups excluding carboxylic acids is 1. The molecule has 4 nitrogen and oxygen atoms in total. The van der Waals surface area contributed by atoms with Crippen LogP contribution >= 0.6 is 0 Å². The molecule has 2 aromatic carbocycles. The molecule has 1 fully saturated rings. The van der Waals surface area contributed by atoms with E-state index in [9.17, 15) is 14.3 Å². The third-order valence-electron chi connectivity index (χ3n) is 6.07. The van der Waals surface area contributed by atoms with Gasteiger partial charge >= 0.3 is 0 Å². The molecule has 1 unspecified atom stereocenters. The predicted molar refractivity (Wildman–Crippen MR) is 150 cm³/mol. The summed E-state index contributed by atoms with van der Waals surface area (Å²) in [6.07, 6.45) is 6.34. The van der Waals surface area contributed by atoms with Crippen molar-refractivity contribution in [2.24, 2.45) is 5.92 Å². The van der Waals surface area contributed by atoms with Crippen LogP contribution in [0, 0.1) is 11.7 Å². The van der Waals surface area contributed by atoms with Crippen molar-refractivity contribution in [3.63, 3.8) is 0 Å². The van der Waals surface area contributed by atoms with Crippen LogP contribution in [-0.2, 0) is 11.3 Å². The molecule has 0 amide bonds. The largest absolute Gasteiger partial charge is 0.506 e. The maximum absolute atomic E-state index is 13.5. The number of rotatable bonds is 6. The number of allylic oxidation sites excluding steroid dienone is 2. The van der Waals surface area contributed by atoms with Crippen LogP contribution in [0.3, 0.4) is 0 Å². The molecule has 0 bridgehead atoms. The topological polar surface area (TPSA) is 59.3 Å². The number of aromatic hydroxyl groups is 1. The second-order valence-corrected chi connectivity index (χ2v) is 8.98. The number of carbonyl (C=O) groups is 1. The summed E-state index contributed by atoms with van der Waals surface area (Å²) in [4.78, 5) is 20.6. The van der Waals surface area contributed by atoms with Gasteiger partial charge in [0.1, 0.15) is 18.4 Å². The van der Waals surface area contributed by atoms with Crippen molar-refractivity contribution in [1.29, 1.82) is 0 Å². The molecule has 4 rings (SSSR count). The summed E-state index contributed by atoms with van der Waals surface area (Å²) in [6, 6.07) is 14.8. The summed E-state index contributed by atoms with van der Waals surface area (Å²) in [5.74, 6) is 0.790. The van der Waals surface area contributed by atoms with Gasteiger partial charge in [0.05, 0.1) is 11.1 Å². The van der Waals surface area contributed by atoms with E-state index in [1.54, 1.807) is 23.6 Å². The van der Waals surface area contributed by atoms with Crippen molar-refractivity contribution in [3.8, 4) is 5.75 Å². The summed E-state index contributed by atoms with van der Waals surface area (Å²) < 4.78 is 15.1. The van der Waals surface area contributed by atoms with Gasteiger partial charge in [-0.2, -0.15) is 0 Å². The zero-order valence-corrected chi connectivity index (χ0v) is 22.1. The van der Waals surface area contributed by atoms with Crippen molar-refractivity contribution >= 4 is 23.3 Å². The lowest BCUT2D eigenvalue weighted by molar-refractivity contribution is -0.0980. The van der Waals surface area contributed by atoms with Crippen LogP contribution in [0.2, 0.25) is 0 Å². The summed E-state index contributed by atoms with van der Waals surface area (Å²) in [5.41, 5.74) is 2.45. The van der Waals surface area contributed by atoms with E-state index < -0.39 is 5.82 Å². The van der Waals surface area contributed by atoms with Crippen LogP contribution in [-0.4, -0.2) is 16.5 Å². The standard InChI is InChI=1S/C17H18FNO2.C10H14.C3H6.CH2O/c1-10(2)15-16(20)13-9-12(18)5-6-14(13)19(17(15)21)8-7-11-3-4-11;1-3-9(2)10-7-5-4-6-8-10;1-3-2;1-2/h5-6,9,11,20H,1,3-4,7-8H2,2H3;4-9H,3H2,1-2H3;3H,1H2,2H3;1H2. The Morgan fingerprint density at radius 3 is 2.28 bits per heavy atom. The van der Waals surface area contributed by atoms with E-state index in [1.165, 1.54) is 37.0 Å². The van der Waals surface area contributed by atoms with Crippen LogP contribution in [0.15, 0.2) is 72.6 Å². The minimum Gasteiger partial charge on any atom is -0.506 e. The quantitative estimate of drug-likeness (QED) is 0.355. The molecule has 0 radical (unpaired) electrons. The Kier molecular flexibility index (Phi) is 13.2. The first-order valence-corrected chi connectivity index (χ1v) is 12.4. The molecule has 1 aliphatic carbocycles. The number of halogens is 1. The molecule has 3 aromatic rings. The van der Waals surface area contributed by atoms with Crippen molar-refractivity contribution < 1.29 is 14.3 Å². The number of aromatic nitrogens is 1. The molecule has 0 saturated heterocycles. The number of nitrogens with zero attached hydrogens (tertiary/aromatic N) is 1. The third kappa shape index (κ3) is 8.63. The molecule has 194 valence electrons. The van der Waals surface area contributed by atoms with Gasteiger partial charge in [0, 0.05) is 11.9 Å². The average molecular weight is 494 g/mol. The lowest BCUT2D eigenvalue weighted by Gasteiger charge is -2.15. The number of pyridine rings is 1. The maximum atomic E-state index is 13.5. The van der Waals surface area contributed by atoms with Gasteiger partial charge in [-0.25, -0.2) is 4.39 Å². The Morgan fingerprint density at radius 1 is 1.19 bits per heavy atom. The second-order valence-electron chi connectivity index (χ2n) is 8.98. The summed E-state index contributed by atoms with van der Waals surface area (Å²) in [5, 5.41) is 10.7. The van der Waals surface area contributed by atoms with Gasteiger partial charge in [0.2, 0.25) is 0 Å². The molecule has 36 heavy (non-hydrogen) atoms. The normalized spacial score (nSPS) is 12.6. The molecular formula is C31H40FNO3. The fraction of sp³-hybridized carbons (Fsp3) is 0.355. The Labute approximate surface area is 214 Å². The highest BCUT2D eigenvalue weighted by atomic mass is 19.1. The first-order valence-electron chi connectivity index (χ1n) is 12.4. The molecular weight excluding hydrogens is 453 g/mol. The monoisotopic (exact) mass is 493 g/mol. The van der Waals surface area contributed by atoms with Gasteiger partial charge in [-0.3, -0.25) is 4.79 Å². The van der Waals surface area contributed by atoms with E-state index in [1.807, 2.05) is 13.7 Å². The average Bonchev–Trinajstić information content (AvgIpc) is 3.71. The fourth-order valence-corrected chi connectivity index (χ4v) is 3.76. The van der Waals surface area contributed by atoms with Crippen LogP contribution in [0.4, 0.5) is 4.39 Å². The molecule has 0 spiro atoms. The van der Waals surface area contributed by atoms with E-state index in [2.05, 4.69) is 57.3 Å². The molecule has 5 heteroatoms. The van der Waals surface area contributed by atoms with Crippen LogP contribution in [0.1, 0.15) is 70.4 Å². The van der Waals surface area contributed by atoms with Crippen LogP contribution < -0.4 is 5.56 Å². The highest BCUT2D eigenvalue weighted by molar-refractivity contribution is 5.90. The van der Waals surface area contributed by atoms with Crippen molar-refractivity contribution in [3.05, 3.63) is 95.1 Å². The third-order valence-corrected chi connectivity index (χ3v) is 6.07. The maximum Gasteiger partial charge on any atom is 0.262 e. The number of aryl methyl sites for hydroxylation is 1. The number of hydrogen-bond donors (Lipinski definition) is 1. The summed E-state index contributed by atoms with van der Waals surface area (Å²) >= 11 is 0. The second kappa shape index (κ2) is 15.5. The molecule has 1 aliphatic rings. The predicted octanol–water partition coefficient (Wildman–Crippen LogP) is 7.89. The van der Waals surface area contributed by atoms with Crippen molar-refractivity contribution in [1.82, 2.24) is 4.57 Å². The Bertz CT molecular complexity index is 1180. The zero-order chi connectivity index (χ0) is 27.3. The van der Waals surface area contributed by atoms with Crippen molar-refractivity contribution in [2.75, 3.05) is 0 Å². The lowest BCUT2D eigenvalue weighted by atomic mass is 9.99. The first-order chi connectivity index (χ1) is 17.2. The molecule has 1 aromatic heterocycles. The molecule has 0 aliphatic heterocycles. The Morgan fingerprint density at radius 2 is 1.78 bits per heavy atom. The Hall–Kier alpha value is -3.47. The zero-order valence-electron chi connectivity index (χ0n) is 22.1. The summed E-state index contributed by atoms with van der Waals surface area (Å²) in [7, 11) is 0. The van der Waals surface area contributed by atoms with Gasteiger partial charge in [-0.15, -0.1) is 6.58 Å². The smallest absolute Gasteiger partial charge is 0.262 e. The van der Waals surface area contributed by atoms with Crippen LogP contribution in [0.5, 0.6) is 5.75 Å². The number of benzene rings is 2. The number of hydrogen-bond acceptors (Lipinski definition) is 3. The number of fused-ring (bicyclic) bond motifs is 1. The minimum absolute atomic E-state index is 0.176. The molecule has 1 heterocycles. The minimum atomic E-state index is -0.433. The molecule has 1 N–H and O–H groups in total. The van der Waals surface area contributed by atoms with E-state index in [0.29, 0.717) is 34.9 Å². The van der Waals surface area contributed by atoms with Gasteiger partial charge in [-0.05, 0) is 67.9 Å². The lowest BCUT2D eigenvalue weighted by Crippen LogP contribution is -2.24. The van der Waals surface area contributed by atoms with E-state index >= 15 is 0 Å². The van der Waals surface area contributed by atoms with Gasteiger partial charge in [0.25, 0.3) is 5.56 Å². The van der Waals surface area contributed by atoms with Gasteiger partial charge < -0.3 is 14.5 Å². The van der Waals surface area contributed by atoms with Crippen LogP contribution in [0.25, 0.3) is 16.5 Å². The fourth-order valence-electron chi connectivity index (χ4n) is 3.76. The Balaban J connectivity index is 0.000000361. The summed E-state index contributed by atoms with van der Waals surface area (Å²) in [6.45, 7) is 17.7. The molecule has 1 saturated carbocycles. The highest BCUT2D eigenvalue weighted by Crippen LogP contribution is 2.34. The SMILES string of the molecule is C=C(C)c1c(O)c2cc(F)ccc2n(CCC2CC2)c1=O.C=CC.C=O.CCC(C)c1ccccc1. The highest BCUT2D eigenvalue weighted by Gasteiger charge is 2.23. The van der Waals surface area contributed by atoms with E-state index in [4.69, 9.17) is 4.79 Å². The van der Waals surface area contributed by atoms with E-state index in [0.717, 1.165) is 6.42 Å². The van der Waals surface area contributed by atoms with Crippen molar-refractivity contribution in [2.45, 2.75) is 65.8 Å². The molecule has 1 atom stereocenters. The first kappa shape index (κ1) is 30.6.